The molecule has 2 aromatic carbocycles. The third kappa shape index (κ3) is 14.1. The number of rotatable bonds is 23. The second-order valence-corrected chi connectivity index (χ2v) is 11.3. The summed E-state index contributed by atoms with van der Waals surface area (Å²) in [6.45, 7) is 6.89. The van der Waals surface area contributed by atoms with Crippen molar-refractivity contribution in [1.82, 2.24) is 0 Å². The number of unbranched alkanes of at least 4 members (excludes halogenated alkanes) is 15. The van der Waals surface area contributed by atoms with Crippen LogP contribution in [0.5, 0.6) is 0 Å². The Kier molecular flexibility index (Phi) is 18.0. The molecule has 0 spiro atoms. The molecule has 0 fully saturated rings. The molecule has 208 valence electrons. The van der Waals surface area contributed by atoms with Crippen LogP contribution in [0.15, 0.2) is 42.5 Å². The molecule has 0 radical (unpaired) electrons. The average Bonchev–Trinajstić information content (AvgIpc) is 2.92. The highest BCUT2D eigenvalue weighted by atomic mass is 14.9. The normalized spacial score (nSPS) is 11.2. The van der Waals surface area contributed by atoms with E-state index in [0.717, 1.165) is 0 Å². The standard InChI is InChI=1S/C36H59N/c1-4-7-10-13-16-19-23-32-28-30-35(31-29-32)37-36-33(24-20-17-14-11-8-5-2)26-22-27-34(36)25-21-18-15-12-9-6-3/h22,26-31,37H,4-21,23-25H2,1-3H3. The summed E-state index contributed by atoms with van der Waals surface area (Å²) in [6.07, 6.45) is 28.1. The van der Waals surface area contributed by atoms with Gasteiger partial charge in [0.1, 0.15) is 0 Å². The van der Waals surface area contributed by atoms with Gasteiger partial charge in [0.15, 0.2) is 0 Å². The van der Waals surface area contributed by atoms with Gasteiger partial charge in [-0.05, 0) is 67.3 Å². The Morgan fingerprint density at radius 1 is 0.432 bits per heavy atom. The molecule has 0 amide bonds. The van der Waals surface area contributed by atoms with Crippen molar-refractivity contribution >= 4 is 11.4 Å². The van der Waals surface area contributed by atoms with Crippen molar-refractivity contribution in [3.63, 3.8) is 0 Å². The van der Waals surface area contributed by atoms with Crippen molar-refractivity contribution < 1.29 is 0 Å². The van der Waals surface area contributed by atoms with Crippen LogP contribution in [0.4, 0.5) is 11.4 Å². The van der Waals surface area contributed by atoms with Gasteiger partial charge >= 0.3 is 0 Å². The zero-order valence-electron chi connectivity index (χ0n) is 24.9. The highest BCUT2D eigenvalue weighted by Gasteiger charge is 2.10. The molecule has 2 rings (SSSR count). The van der Waals surface area contributed by atoms with Gasteiger partial charge in [0.2, 0.25) is 0 Å². The van der Waals surface area contributed by atoms with Crippen molar-refractivity contribution in [1.29, 1.82) is 0 Å². The van der Waals surface area contributed by atoms with Gasteiger partial charge in [-0.25, -0.2) is 0 Å². The largest absolute Gasteiger partial charge is 0.355 e. The zero-order valence-corrected chi connectivity index (χ0v) is 24.9. The minimum atomic E-state index is 1.19. The fourth-order valence-electron chi connectivity index (χ4n) is 5.43. The Morgan fingerprint density at radius 2 is 0.838 bits per heavy atom. The van der Waals surface area contributed by atoms with Gasteiger partial charge in [-0.1, -0.05) is 147 Å². The van der Waals surface area contributed by atoms with Crippen LogP contribution >= 0.6 is 0 Å². The van der Waals surface area contributed by atoms with E-state index in [2.05, 4.69) is 68.6 Å². The second kappa shape index (κ2) is 21.2. The van der Waals surface area contributed by atoms with E-state index in [9.17, 15) is 0 Å². The first-order valence-corrected chi connectivity index (χ1v) is 16.2. The molecule has 0 bridgehead atoms. The fourth-order valence-corrected chi connectivity index (χ4v) is 5.43. The van der Waals surface area contributed by atoms with Crippen LogP contribution < -0.4 is 5.32 Å². The monoisotopic (exact) mass is 505 g/mol. The maximum absolute atomic E-state index is 3.88. The molecule has 0 aliphatic carbocycles. The minimum Gasteiger partial charge on any atom is -0.355 e. The number of anilines is 2. The summed E-state index contributed by atoms with van der Waals surface area (Å²) in [7, 11) is 0. The third-order valence-corrected chi connectivity index (χ3v) is 7.88. The van der Waals surface area contributed by atoms with Gasteiger partial charge in [-0.3, -0.25) is 0 Å². The lowest BCUT2D eigenvalue weighted by atomic mass is 9.97. The van der Waals surface area contributed by atoms with Crippen molar-refractivity contribution in [3.05, 3.63) is 59.2 Å². The highest BCUT2D eigenvalue weighted by Crippen LogP contribution is 2.29. The molecule has 0 saturated heterocycles. The summed E-state index contributed by atoms with van der Waals surface area (Å²) in [4.78, 5) is 0. The number of aryl methyl sites for hydroxylation is 3. The topological polar surface area (TPSA) is 12.0 Å². The van der Waals surface area contributed by atoms with Gasteiger partial charge in [0, 0.05) is 11.4 Å². The number of nitrogens with one attached hydrogen (secondary N) is 1. The summed E-state index contributed by atoms with van der Waals surface area (Å²) >= 11 is 0. The van der Waals surface area contributed by atoms with Crippen LogP contribution in [0.1, 0.15) is 153 Å². The molecule has 0 saturated carbocycles. The molecule has 1 N–H and O–H groups in total. The maximum Gasteiger partial charge on any atom is 0.0449 e. The quantitative estimate of drug-likeness (QED) is 0.148. The Hall–Kier alpha value is -1.76. The maximum atomic E-state index is 3.88. The summed E-state index contributed by atoms with van der Waals surface area (Å²) in [6, 6.07) is 16.3. The van der Waals surface area contributed by atoms with Crippen molar-refractivity contribution in [2.75, 3.05) is 5.32 Å². The van der Waals surface area contributed by atoms with Crippen molar-refractivity contribution in [3.8, 4) is 0 Å². The van der Waals surface area contributed by atoms with E-state index in [0.29, 0.717) is 0 Å². The second-order valence-electron chi connectivity index (χ2n) is 11.3. The molecule has 1 heteroatoms. The molecule has 2 aromatic rings. The number of benzene rings is 2. The lowest BCUT2D eigenvalue weighted by Crippen LogP contribution is -2.02. The van der Waals surface area contributed by atoms with Gasteiger partial charge in [-0.15, -0.1) is 0 Å². The third-order valence-electron chi connectivity index (χ3n) is 7.88. The van der Waals surface area contributed by atoms with Crippen molar-refractivity contribution in [2.45, 2.75) is 156 Å². The Bertz CT molecular complexity index is 757. The molecule has 0 unspecified atom stereocenters. The molecule has 0 atom stereocenters. The molecule has 37 heavy (non-hydrogen) atoms. The first kappa shape index (κ1) is 31.5. The summed E-state index contributed by atoms with van der Waals surface area (Å²) < 4.78 is 0. The van der Waals surface area contributed by atoms with E-state index in [4.69, 9.17) is 0 Å². The van der Waals surface area contributed by atoms with E-state index < -0.39 is 0 Å². The van der Waals surface area contributed by atoms with Gasteiger partial charge in [0.05, 0.1) is 0 Å². The van der Waals surface area contributed by atoms with Crippen LogP contribution in [-0.4, -0.2) is 0 Å². The molecular formula is C36H59N. The van der Waals surface area contributed by atoms with Crippen LogP contribution in [0.25, 0.3) is 0 Å². The van der Waals surface area contributed by atoms with Gasteiger partial charge in [-0.2, -0.15) is 0 Å². The SMILES string of the molecule is CCCCCCCCc1ccc(Nc2c(CCCCCCCC)cccc2CCCCCCCC)cc1. The summed E-state index contributed by atoms with van der Waals surface area (Å²) in [5.74, 6) is 0. The predicted molar refractivity (Wildman–Crippen MR) is 167 cm³/mol. The number of para-hydroxylation sites is 1. The van der Waals surface area contributed by atoms with Crippen LogP contribution in [0.3, 0.4) is 0 Å². The van der Waals surface area contributed by atoms with E-state index in [1.807, 2.05) is 0 Å². The first-order valence-electron chi connectivity index (χ1n) is 16.2. The lowest BCUT2D eigenvalue weighted by molar-refractivity contribution is 0.605. The van der Waals surface area contributed by atoms with Crippen molar-refractivity contribution in [2.24, 2.45) is 0 Å². The van der Waals surface area contributed by atoms with E-state index in [-0.39, 0.29) is 0 Å². The first-order chi connectivity index (χ1) is 18.3. The Morgan fingerprint density at radius 3 is 1.30 bits per heavy atom. The fraction of sp³-hybridized carbons (Fsp3) is 0.667. The zero-order chi connectivity index (χ0) is 26.4. The molecular weight excluding hydrogens is 446 g/mol. The summed E-state index contributed by atoms with van der Waals surface area (Å²) in [5, 5.41) is 3.88. The van der Waals surface area contributed by atoms with Crippen LogP contribution in [0.2, 0.25) is 0 Å². The van der Waals surface area contributed by atoms with E-state index in [1.165, 1.54) is 163 Å². The number of hydrogen-bond donors (Lipinski definition) is 1. The van der Waals surface area contributed by atoms with Gasteiger partial charge < -0.3 is 5.32 Å². The molecule has 0 aliphatic heterocycles. The van der Waals surface area contributed by atoms with Crippen LogP contribution in [0, 0.1) is 0 Å². The lowest BCUT2D eigenvalue weighted by Gasteiger charge is -2.18. The van der Waals surface area contributed by atoms with Crippen LogP contribution in [-0.2, 0) is 19.3 Å². The molecule has 0 aliphatic rings. The Labute approximate surface area is 231 Å². The molecule has 0 aromatic heterocycles. The summed E-state index contributed by atoms with van der Waals surface area (Å²) in [5.41, 5.74) is 7.14. The minimum absolute atomic E-state index is 1.19. The molecule has 1 nitrogen and oxygen atoms in total. The molecule has 0 heterocycles. The average molecular weight is 506 g/mol. The smallest absolute Gasteiger partial charge is 0.0449 e. The van der Waals surface area contributed by atoms with E-state index in [1.54, 1.807) is 0 Å². The highest BCUT2D eigenvalue weighted by molar-refractivity contribution is 5.67. The van der Waals surface area contributed by atoms with Gasteiger partial charge in [0.25, 0.3) is 0 Å². The van der Waals surface area contributed by atoms with E-state index >= 15 is 0 Å². The number of hydrogen-bond acceptors (Lipinski definition) is 1. The predicted octanol–water partition coefficient (Wildman–Crippen LogP) is 12.1. The Balaban J connectivity index is 1.97.